The van der Waals surface area contributed by atoms with Gasteiger partial charge in [0.25, 0.3) is 0 Å². The van der Waals surface area contributed by atoms with E-state index >= 15 is 0 Å². The molecule has 3 N–H and O–H groups in total. The molecule has 27 heavy (non-hydrogen) atoms. The highest BCUT2D eigenvalue weighted by Gasteiger charge is 2.11. The number of carbonyl (C=O) groups excluding carboxylic acids is 1. The maximum absolute atomic E-state index is 11.5. The Bertz CT molecular complexity index is 1140. The van der Waals surface area contributed by atoms with E-state index in [9.17, 15) is 4.79 Å². The summed E-state index contributed by atoms with van der Waals surface area (Å²) >= 11 is 0. The van der Waals surface area contributed by atoms with E-state index in [2.05, 4.69) is 20.3 Å². The first-order chi connectivity index (χ1) is 13.2. The molecule has 0 aliphatic heterocycles. The number of amides is 1. The van der Waals surface area contributed by atoms with E-state index in [0.717, 1.165) is 33.4 Å². The van der Waals surface area contributed by atoms with E-state index in [1.807, 2.05) is 49.5 Å². The molecule has 0 fully saturated rings. The van der Waals surface area contributed by atoms with Crippen LogP contribution in [0.5, 0.6) is 0 Å². The highest BCUT2D eigenvalue weighted by Crippen LogP contribution is 2.29. The predicted octanol–water partition coefficient (Wildman–Crippen LogP) is 3.50. The smallest absolute Gasteiger partial charge is 0.248 e. The number of hydrogen-bond acceptors (Lipinski definition) is 5. The monoisotopic (exact) mass is 355 g/mol. The number of hydrogen-bond donors (Lipinski definition) is 2. The van der Waals surface area contributed by atoms with Crippen LogP contribution in [0.15, 0.2) is 67.0 Å². The Morgan fingerprint density at radius 1 is 0.963 bits per heavy atom. The van der Waals surface area contributed by atoms with Crippen LogP contribution in [0.4, 0.5) is 5.82 Å². The Labute approximate surface area is 156 Å². The van der Waals surface area contributed by atoms with Gasteiger partial charge < -0.3 is 11.1 Å². The Balaban J connectivity index is 1.85. The minimum absolute atomic E-state index is 0.446. The second-order valence-corrected chi connectivity index (χ2v) is 6.06. The van der Waals surface area contributed by atoms with Crippen LogP contribution < -0.4 is 11.1 Å². The first-order valence-corrected chi connectivity index (χ1v) is 8.46. The van der Waals surface area contributed by atoms with Gasteiger partial charge in [-0.1, -0.05) is 18.2 Å². The van der Waals surface area contributed by atoms with Crippen LogP contribution in [-0.2, 0) is 0 Å². The largest absolute Gasteiger partial charge is 0.373 e. The molecule has 0 spiro atoms. The van der Waals surface area contributed by atoms with Crippen molar-refractivity contribution in [3.8, 4) is 22.5 Å². The van der Waals surface area contributed by atoms with Crippen molar-refractivity contribution in [3.63, 3.8) is 0 Å². The molecule has 0 aliphatic rings. The fraction of sp³-hybridized carbons (Fsp3) is 0.0476. The molecule has 0 radical (unpaired) electrons. The zero-order valence-electron chi connectivity index (χ0n) is 14.7. The van der Waals surface area contributed by atoms with Crippen molar-refractivity contribution in [3.05, 3.63) is 72.6 Å². The first kappa shape index (κ1) is 16.7. The van der Waals surface area contributed by atoms with Gasteiger partial charge in [-0.05, 0) is 47.5 Å². The van der Waals surface area contributed by atoms with Crippen LogP contribution in [0, 0.1) is 0 Å². The third kappa shape index (κ3) is 3.20. The lowest BCUT2D eigenvalue weighted by Crippen LogP contribution is -2.10. The number of rotatable bonds is 4. The first-order valence-electron chi connectivity index (χ1n) is 8.46. The van der Waals surface area contributed by atoms with E-state index in [0.29, 0.717) is 11.4 Å². The lowest BCUT2D eigenvalue weighted by atomic mass is 10.0. The van der Waals surface area contributed by atoms with Crippen LogP contribution in [-0.4, -0.2) is 27.9 Å². The van der Waals surface area contributed by atoms with Gasteiger partial charge in [-0.25, -0.2) is 9.97 Å². The Morgan fingerprint density at radius 3 is 2.52 bits per heavy atom. The molecule has 0 saturated heterocycles. The van der Waals surface area contributed by atoms with Crippen molar-refractivity contribution < 1.29 is 4.79 Å². The standard InChI is InChI=1S/C21H17N5O/c1-23-21-17-11-14(13-4-2-5-15(10-13)19(22)27)7-8-18(17)25-20(26-21)16-6-3-9-24-12-16/h2-12H,1H3,(H2,22,27)(H,23,25,26). The third-order valence-electron chi connectivity index (χ3n) is 4.33. The van der Waals surface area contributed by atoms with Crippen molar-refractivity contribution in [1.29, 1.82) is 0 Å². The van der Waals surface area contributed by atoms with Gasteiger partial charge >= 0.3 is 0 Å². The summed E-state index contributed by atoms with van der Waals surface area (Å²) < 4.78 is 0. The molecular weight excluding hydrogens is 338 g/mol. The summed E-state index contributed by atoms with van der Waals surface area (Å²) in [6.45, 7) is 0. The highest BCUT2D eigenvalue weighted by molar-refractivity contribution is 5.96. The topological polar surface area (TPSA) is 93.8 Å². The van der Waals surface area contributed by atoms with Crippen molar-refractivity contribution in [2.24, 2.45) is 5.73 Å². The molecule has 0 unspecified atom stereocenters. The predicted molar refractivity (Wildman–Crippen MR) is 106 cm³/mol. The molecule has 0 aliphatic carbocycles. The van der Waals surface area contributed by atoms with Gasteiger partial charge in [0, 0.05) is 36.0 Å². The summed E-state index contributed by atoms with van der Waals surface area (Å²) in [6.07, 6.45) is 3.46. The van der Waals surface area contributed by atoms with Crippen molar-refractivity contribution in [2.75, 3.05) is 12.4 Å². The van der Waals surface area contributed by atoms with Crippen molar-refractivity contribution in [1.82, 2.24) is 15.0 Å². The maximum Gasteiger partial charge on any atom is 0.248 e. The average molecular weight is 355 g/mol. The van der Waals surface area contributed by atoms with Crippen LogP contribution in [0.25, 0.3) is 33.4 Å². The zero-order chi connectivity index (χ0) is 18.8. The Kier molecular flexibility index (Phi) is 4.22. The number of nitrogens with one attached hydrogen (secondary N) is 1. The second-order valence-electron chi connectivity index (χ2n) is 6.06. The van der Waals surface area contributed by atoms with Crippen LogP contribution in [0.2, 0.25) is 0 Å². The van der Waals surface area contributed by atoms with Gasteiger partial charge in [0.15, 0.2) is 5.82 Å². The van der Waals surface area contributed by atoms with E-state index < -0.39 is 5.91 Å². The molecule has 1 amide bonds. The number of carbonyl (C=O) groups is 1. The summed E-state index contributed by atoms with van der Waals surface area (Å²) in [5.74, 6) is 0.896. The number of pyridine rings is 1. The fourth-order valence-electron chi connectivity index (χ4n) is 2.97. The van der Waals surface area contributed by atoms with Crippen molar-refractivity contribution >= 4 is 22.6 Å². The van der Waals surface area contributed by atoms with Crippen LogP contribution >= 0.6 is 0 Å². The Hall–Kier alpha value is -3.80. The quantitative estimate of drug-likeness (QED) is 0.584. The molecular formula is C21H17N5O. The molecule has 4 rings (SSSR count). The summed E-state index contributed by atoms with van der Waals surface area (Å²) in [5, 5.41) is 4.04. The summed E-state index contributed by atoms with van der Waals surface area (Å²) in [4.78, 5) is 24.9. The molecule has 0 bridgehead atoms. The van der Waals surface area contributed by atoms with Crippen LogP contribution in [0.3, 0.4) is 0 Å². The molecule has 4 aromatic rings. The summed E-state index contributed by atoms with van der Waals surface area (Å²) in [6, 6.07) is 17.0. The van der Waals surface area contributed by atoms with E-state index in [-0.39, 0.29) is 0 Å². The fourth-order valence-corrected chi connectivity index (χ4v) is 2.97. The van der Waals surface area contributed by atoms with E-state index in [4.69, 9.17) is 5.73 Å². The second kappa shape index (κ2) is 6.84. The number of nitrogens with zero attached hydrogens (tertiary/aromatic N) is 3. The van der Waals surface area contributed by atoms with E-state index in [1.165, 1.54) is 0 Å². The molecule has 2 aromatic carbocycles. The van der Waals surface area contributed by atoms with E-state index in [1.54, 1.807) is 24.5 Å². The maximum atomic E-state index is 11.5. The molecule has 0 saturated carbocycles. The molecule has 2 aromatic heterocycles. The number of aromatic nitrogens is 3. The minimum Gasteiger partial charge on any atom is -0.373 e. The number of anilines is 1. The van der Waals surface area contributed by atoms with Gasteiger partial charge in [0.2, 0.25) is 5.91 Å². The van der Waals surface area contributed by atoms with Gasteiger partial charge in [-0.2, -0.15) is 0 Å². The number of fused-ring (bicyclic) bond motifs is 1. The summed E-state index contributed by atoms with van der Waals surface area (Å²) in [5.41, 5.74) is 9.42. The highest BCUT2D eigenvalue weighted by atomic mass is 16.1. The van der Waals surface area contributed by atoms with Gasteiger partial charge in [0.1, 0.15) is 5.82 Å². The van der Waals surface area contributed by atoms with Gasteiger partial charge in [-0.15, -0.1) is 0 Å². The normalized spacial score (nSPS) is 10.7. The summed E-state index contributed by atoms with van der Waals surface area (Å²) in [7, 11) is 1.83. The molecule has 2 heterocycles. The van der Waals surface area contributed by atoms with Crippen molar-refractivity contribution in [2.45, 2.75) is 0 Å². The van der Waals surface area contributed by atoms with Gasteiger partial charge in [0.05, 0.1) is 5.52 Å². The average Bonchev–Trinajstić information content (AvgIpc) is 2.73. The Morgan fingerprint density at radius 2 is 1.78 bits per heavy atom. The van der Waals surface area contributed by atoms with Crippen LogP contribution in [0.1, 0.15) is 10.4 Å². The molecule has 132 valence electrons. The number of benzene rings is 2. The number of primary amides is 1. The SMILES string of the molecule is CNc1nc(-c2cccnc2)nc2ccc(-c3cccc(C(N)=O)c3)cc12. The molecule has 0 atom stereocenters. The lowest BCUT2D eigenvalue weighted by molar-refractivity contribution is 0.100. The third-order valence-corrected chi connectivity index (χ3v) is 4.33. The molecule has 6 nitrogen and oxygen atoms in total. The molecule has 6 heteroatoms. The lowest BCUT2D eigenvalue weighted by Gasteiger charge is -2.10. The zero-order valence-corrected chi connectivity index (χ0v) is 14.7. The van der Waals surface area contributed by atoms with Gasteiger partial charge in [-0.3, -0.25) is 9.78 Å². The minimum atomic E-state index is -0.446. The number of nitrogens with two attached hydrogens (primary N) is 1.